The molecule has 0 radical (unpaired) electrons. The predicted octanol–water partition coefficient (Wildman–Crippen LogP) is 2.44. The molecule has 6 heteroatoms. The van der Waals surface area contributed by atoms with Crippen LogP contribution in [0.4, 0.5) is 17.2 Å². The number of anilines is 2. The smallest absolute Gasteiger partial charge is 0.363 e. The van der Waals surface area contributed by atoms with E-state index >= 15 is 0 Å². The standard InChI is InChI=1S/C11H9N3O3/c15-10-4-2-1-3-9(10)13-8-5-6-11(12-7-8)14(16)17/h1-7,13,15H. The lowest BCUT2D eigenvalue weighted by atomic mass is 10.3. The molecule has 0 unspecified atom stereocenters. The molecule has 1 aromatic carbocycles. The summed E-state index contributed by atoms with van der Waals surface area (Å²) >= 11 is 0. The molecule has 1 aromatic heterocycles. The van der Waals surface area contributed by atoms with Gasteiger partial charge in [-0.05, 0) is 28.1 Å². The molecule has 0 bridgehead atoms. The van der Waals surface area contributed by atoms with Crippen LogP contribution in [-0.2, 0) is 0 Å². The van der Waals surface area contributed by atoms with Gasteiger partial charge < -0.3 is 20.5 Å². The molecule has 1 heterocycles. The van der Waals surface area contributed by atoms with Crippen molar-refractivity contribution < 1.29 is 10.0 Å². The normalized spacial score (nSPS) is 9.88. The van der Waals surface area contributed by atoms with Crippen LogP contribution in [0.25, 0.3) is 0 Å². The molecule has 0 spiro atoms. The van der Waals surface area contributed by atoms with Gasteiger partial charge in [0.2, 0.25) is 0 Å². The lowest BCUT2D eigenvalue weighted by Crippen LogP contribution is -1.94. The van der Waals surface area contributed by atoms with Crippen LogP contribution in [0.5, 0.6) is 5.75 Å². The van der Waals surface area contributed by atoms with Gasteiger partial charge in [-0.15, -0.1) is 0 Å². The Morgan fingerprint density at radius 2 is 2.00 bits per heavy atom. The fourth-order valence-electron chi connectivity index (χ4n) is 1.30. The van der Waals surface area contributed by atoms with Gasteiger partial charge in [-0.2, -0.15) is 0 Å². The lowest BCUT2D eigenvalue weighted by molar-refractivity contribution is -0.389. The Kier molecular flexibility index (Phi) is 2.87. The maximum atomic E-state index is 10.4. The van der Waals surface area contributed by atoms with Gasteiger partial charge >= 0.3 is 5.82 Å². The number of phenols is 1. The first kappa shape index (κ1) is 10.9. The molecule has 2 rings (SSSR count). The summed E-state index contributed by atoms with van der Waals surface area (Å²) in [4.78, 5) is 13.5. The second-order valence-corrected chi connectivity index (χ2v) is 3.30. The fraction of sp³-hybridized carbons (Fsp3) is 0. The van der Waals surface area contributed by atoms with Gasteiger partial charge in [0.25, 0.3) is 0 Å². The number of pyridine rings is 1. The zero-order chi connectivity index (χ0) is 12.3. The number of nitrogens with one attached hydrogen (secondary N) is 1. The van der Waals surface area contributed by atoms with Gasteiger partial charge in [0.15, 0.2) is 6.20 Å². The van der Waals surface area contributed by atoms with Crippen LogP contribution < -0.4 is 5.32 Å². The Morgan fingerprint density at radius 3 is 2.59 bits per heavy atom. The second kappa shape index (κ2) is 4.48. The summed E-state index contributed by atoms with van der Waals surface area (Å²) in [6.07, 6.45) is 1.34. The highest BCUT2D eigenvalue weighted by Gasteiger charge is 2.07. The number of nitro groups is 1. The number of phenolic OH excluding ortho intramolecular Hbond substituents is 1. The SMILES string of the molecule is O=[N+]([O-])c1ccc(Nc2ccccc2O)cn1. The summed E-state index contributed by atoms with van der Waals surface area (Å²) < 4.78 is 0. The van der Waals surface area contributed by atoms with Crippen molar-refractivity contribution in [2.45, 2.75) is 0 Å². The number of nitrogens with zero attached hydrogens (tertiary/aromatic N) is 2. The Morgan fingerprint density at radius 1 is 1.24 bits per heavy atom. The van der Waals surface area contributed by atoms with Crippen LogP contribution in [0.2, 0.25) is 0 Å². The minimum atomic E-state index is -0.566. The van der Waals surface area contributed by atoms with Crippen LogP contribution in [0.1, 0.15) is 0 Å². The van der Waals surface area contributed by atoms with Crippen molar-refractivity contribution in [3.05, 3.63) is 52.7 Å². The van der Waals surface area contributed by atoms with Crippen molar-refractivity contribution >= 4 is 17.2 Å². The van der Waals surface area contributed by atoms with E-state index in [9.17, 15) is 15.2 Å². The number of aromatic hydroxyl groups is 1. The molecule has 6 nitrogen and oxygen atoms in total. The molecule has 0 aliphatic carbocycles. The van der Waals surface area contributed by atoms with Crippen LogP contribution >= 0.6 is 0 Å². The molecule has 0 aliphatic heterocycles. The average Bonchev–Trinajstić information content (AvgIpc) is 2.33. The first-order valence-corrected chi connectivity index (χ1v) is 4.82. The van der Waals surface area contributed by atoms with Gasteiger partial charge in [-0.1, -0.05) is 12.1 Å². The second-order valence-electron chi connectivity index (χ2n) is 3.30. The number of benzene rings is 1. The third kappa shape index (κ3) is 2.49. The topological polar surface area (TPSA) is 88.3 Å². The number of para-hydroxylation sites is 2. The molecule has 0 atom stereocenters. The number of hydrogen-bond acceptors (Lipinski definition) is 5. The van der Waals surface area contributed by atoms with E-state index in [2.05, 4.69) is 10.3 Å². The van der Waals surface area contributed by atoms with Gasteiger partial charge in [0, 0.05) is 6.07 Å². The van der Waals surface area contributed by atoms with E-state index in [1.807, 2.05) is 0 Å². The summed E-state index contributed by atoms with van der Waals surface area (Å²) in [5.41, 5.74) is 1.08. The molecule has 0 fully saturated rings. The van der Waals surface area contributed by atoms with Crippen LogP contribution in [0.3, 0.4) is 0 Å². The Hall–Kier alpha value is -2.63. The maximum Gasteiger partial charge on any atom is 0.363 e. The van der Waals surface area contributed by atoms with Gasteiger partial charge in [0.1, 0.15) is 5.75 Å². The number of rotatable bonds is 3. The van der Waals surface area contributed by atoms with Crippen molar-refractivity contribution in [1.82, 2.24) is 4.98 Å². The summed E-state index contributed by atoms with van der Waals surface area (Å²) in [5, 5.41) is 22.8. The largest absolute Gasteiger partial charge is 0.506 e. The number of aromatic nitrogens is 1. The first-order chi connectivity index (χ1) is 8.16. The summed E-state index contributed by atoms with van der Waals surface area (Å²) in [6, 6.07) is 9.52. The van der Waals surface area contributed by atoms with Crippen molar-refractivity contribution in [2.75, 3.05) is 5.32 Å². The average molecular weight is 231 g/mol. The third-order valence-electron chi connectivity index (χ3n) is 2.12. The minimum Gasteiger partial charge on any atom is -0.506 e. The van der Waals surface area contributed by atoms with E-state index in [-0.39, 0.29) is 11.6 Å². The third-order valence-corrected chi connectivity index (χ3v) is 2.12. The van der Waals surface area contributed by atoms with Gasteiger partial charge in [-0.3, -0.25) is 0 Å². The highest BCUT2D eigenvalue weighted by Crippen LogP contribution is 2.25. The van der Waals surface area contributed by atoms with Crippen molar-refractivity contribution in [3.8, 4) is 5.75 Å². The number of hydrogen-bond donors (Lipinski definition) is 2. The van der Waals surface area contributed by atoms with Crippen LogP contribution in [-0.4, -0.2) is 15.0 Å². The Balaban J connectivity index is 2.20. The van der Waals surface area contributed by atoms with Crippen LogP contribution in [0.15, 0.2) is 42.6 Å². The summed E-state index contributed by atoms with van der Waals surface area (Å²) in [7, 11) is 0. The van der Waals surface area contributed by atoms with Gasteiger partial charge in [0.05, 0.1) is 11.4 Å². The Bertz CT molecular complexity index is 540. The molecule has 0 aliphatic rings. The van der Waals surface area contributed by atoms with E-state index in [1.54, 1.807) is 24.3 Å². The van der Waals surface area contributed by atoms with Crippen molar-refractivity contribution in [1.29, 1.82) is 0 Å². The molecule has 0 saturated carbocycles. The maximum absolute atomic E-state index is 10.4. The fourth-order valence-corrected chi connectivity index (χ4v) is 1.30. The summed E-state index contributed by atoms with van der Waals surface area (Å²) in [5.74, 6) is -0.112. The highest BCUT2D eigenvalue weighted by molar-refractivity contribution is 5.65. The van der Waals surface area contributed by atoms with E-state index in [0.717, 1.165) is 0 Å². The van der Waals surface area contributed by atoms with Crippen molar-refractivity contribution in [2.24, 2.45) is 0 Å². The molecule has 86 valence electrons. The predicted molar refractivity (Wildman–Crippen MR) is 62.3 cm³/mol. The Labute approximate surface area is 96.7 Å². The molecule has 0 amide bonds. The van der Waals surface area contributed by atoms with Crippen LogP contribution in [0, 0.1) is 10.1 Å². The van der Waals surface area contributed by atoms with Gasteiger partial charge in [-0.25, -0.2) is 0 Å². The van der Waals surface area contributed by atoms with E-state index in [1.165, 1.54) is 18.3 Å². The minimum absolute atomic E-state index is 0.103. The van der Waals surface area contributed by atoms with Crippen molar-refractivity contribution in [3.63, 3.8) is 0 Å². The molecule has 2 aromatic rings. The van der Waals surface area contributed by atoms with E-state index in [4.69, 9.17) is 0 Å². The molecule has 17 heavy (non-hydrogen) atoms. The zero-order valence-corrected chi connectivity index (χ0v) is 8.70. The summed E-state index contributed by atoms with van der Waals surface area (Å²) in [6.45, 7) is 0. The molecular formula is C11H9N3O3. The monoisotopic (exact) mass is 231 g/mol. The zero-order valence-electron chi connectivity index (χ0n) is 8.70. The molecule has 2 N–H and O–H groups in total. The quantitative estimate of drug-likeness (QED) is 0.481. The molecular weight excluding hydrogens is 222 g/mol. The highest BCUT2D eigenvalue weighted by atomic mass is 16.6. The van der Waals surface area contributed by atoms with E-state index < -0.39 is 4.92 Å². The lowest BCUT2D eigenvalue weighted by Gasteiger charge is -2.06. The van der Waals surface area contributed by atoms with E-state index in [0.29, 0.717) is 11.4 Å². The first-order valence-electron chi connectivity index (χ1n) is 4.82. The molecule has 0 saturated heterocycles.